The molecule has 4 nitrogen and oxygen atoms in total. The number of ether oxygens (including phenoxy) is 1. The van der Waals surface area contributed by atoms with Gasteiger partial charge in [0.15, 0.2) is 0 Å². The van der Waals surface area contributed by atoms with Gasteiger partial charge >= 0.3 is 5.97 Å². The van der Waals surface area contributed by atoms with E-state index in [1.807, 2.05) is 18.5 Å². The molecule has 0 spiro atoms. The number of hydrogen-bond acceptors (Lipinski definition) is 3. The molecule has 0 saturated heterocycles. The molecule has 0 aliphatic heterocycles. The molecule has 2 N–H and O–H groups in total. The summed E-state index contributed by atoms with van der Waals surface area (Å²) in [7, 11) is 1.27. The van der Waals surface area contributed by atoms with Crippen molar-refractivity contribution in [2.45, 2.75) is 6.54 Å². The molecular formula is C13H13FN2O2. The molecule has 0 unspecified atom stereocenters. The molecule has 2 rings (SSSR count). The second kappa shape index (κ2) is 5.35. The van der Waals surface area contributed by atoms with Gasteiger partial charge in [0.05, 0.1) is 12.7 Å². The maximum atomic E-state index is 13.1. The topological polar surface area (TPSA) is 54.1 Å². The smallest absolute Gasteiger partial charge is 0.340 e. The van der Waals surface area contributed by atoms with E-state index in [1.165, 1.54) is 19.2 Å². The lowest BCUT2D eigenvalue weighted by molar-refractivity contribution is 0.0601. The highest BCUT2D eigenvalue weighted by molar-refractivity contribution is 5.95. The highest BCUT2D eigenvalue weighted by Crippen LogP contribution is 2.18. The van der Waals surface area contributed by atoms with Crippen LogP contribution in [-0.2, 0) is 11.3 Å². The van der Waals surface area contributed by atoms with Crippen molar-refractivity contribution in [1.29, 1.82) is 0 Å². The summed E-state index contributed by atoms with van der Waals surface area (Å²) in [5.41, 5.74) is 1.77. The molecule has 5 heteroatoms. The van der Waals surface area contributed by atoms with Crippen molar-refractivity contribution < 1.29 is 13.9 Å². The van der Waals surface area contributed by atoms with Gasteiger partial charge in [0.25, 0.3) is 0 Å². The van der Waals surface area contributed by atoms with Crippen LogP contribution in [0.1, 0.15) is 15.9 Å². The zero-order valence-electron chi connectivity index (χ0n) is 9.87. The van der Waals surface area contributed by atoms with Gasteiger partial charge in [0.2, 0.25) is 0 Å². The minimum atomic E-state index is -0.564. The van der Waals surface area contributed by atoms with Crippen molar-refractivity contribution in [1.82, 2.24) is 4.98 Å². The number of aromatic amines is 1. The Morgan fingerprint density at radius 1 is 1.44 bits per heavy atom. The quantitative estimate of drug-likeness (QED) is 0.817. The molecule has 94 valence electrons. The Bertz CT molecular complexity index is 538. The summed E-state index contributed by atoms with van der Waals surface area (Å²) in [6, 6.07) is 5.89. The maximum Gasteiger partial charge on any atom is 0.340 e. The molecule has 0 radical (unpaired) electrons. The SMILES string of the molecule is COC(=O)c1cc(F)ccc1NCc1cc[nH]c1. The van der Waals surface area contributed by atoms with Gasteiger partial charge < -0.3 is 15.0 Å². The molecule has 0 amide bonds. The average Bonchev–Trinajstić information content (AvgIpc) is 2.89. The Morgan fingerprint density at radius 2 is 2.28 bits per heavy atom. The second-order valence-electron chi connectivity index (χ2n) is 3.75. The van der Waals surface area contributed by atoms with Crippen LogP contribution in [0.5, 0.6) is 0 Å². The van der Waals surface area contributed by atoms with E-state index in [-0.39, 0.29) is 5.56 Å². The molecule has 0 atom stereocenters. The van der Waals surface area contributed by atoms with Crippen molar-refractivity contribution in [3.8, 4) is 0 Å². The van der Waals surface area contributed by atoms with Crippen LogP contribution in [0.3, 0.4) is 0 Å². The van der Waals surface area contributed by atoms with Gasteiger partial charge in [-0.3, -0.25) is 0 Å². The lowest BCUT2D eigenvalue weighted by Crippen LogP contribution is -2.08. The predicted octanol–water partition coefficient (Wildman–Crippen LogP) is 2.55. The molecule has 2 aromatic rings. The molecule has 1 aromatic carbocycles. The van der Waals surface area contributed by atoms with E-state index < -0.39 is 11.8 Å². The third kappa shape index (κ3) is 2.68. The van der Waals surface area contributed by atoms with Crippen LogP contribution in [0.4, 0.5) is 10.1 Å². The van der Waals surface area contributed by atoms with Crippen molar-refractivity contribution >= 4 is 11.7 Å². The first kappa shape index (κ1) is 12.2. The summed E-state index contributed by atoms with van der Waals surface area (Å²) >= 11 is 0. The molecule has 0 bridgehead atoms. The second-order valence-corrected chi connectivity index (χ2v) is 3.75. The monoisotopic (exact) mass is 248 g/mol. The molecule has 18 heavy (non-hydrogen) atoms. The summed E-state index contributed by atoms with van der Waals surface area (Å²) in [5.74, 6) is -1.03. The van der Waals surface area contributed by atoms with E-state index in [0.717, 1.165) is 11.6 Å². The number of anilines is 1. The summed E-state index contributed by atoms with van der Waals surface area (Å²) in [4.78, 5) is 14.4. The van der Waals surface area contributed by atoms with Crippen molar-refractivity contribution in [3.63, 3.8) is 0 Å². The molecule has 0 aliphatic rings. The highest BCUT2D eigenvalue weighted by Gasteiger charge is 2.12. The largest absolute Gasteiger partial charge is 0.465 e. The average molecular weight is 248 g/mol. The number of methoxy groups -OCH3 is 1. The van der Waals surface area contributed by atoms with Gasteiger partial charge in [-0.2, -0.15) is 0 Å². The van der Waals surface area contributed by atoms with Gasteiger partial charge in [-0.1, -0.05) is 0 Å². The Labute approximate surface area is 104 Å². The number of benzene rings is 1. The zero-order valence-corrected chi connectivity index (χ0v) is 9.87. The van der Waals surface area contributed by atoms with Crippen molar-refractivity contribution in [2.24, 2.45) is 0 Å². The minimum Gasteiger partial charge on any atom is -0.465 e. The number of esters is 1. The van der Waals surface area contributed by atoms with E-state index in [0.29, 0.717) is 12.2 Å². The van der Waals surface area contributed by atoms with Crippen LogP contribution in [0.25, 0.3) is 0 Å². The number of aromatic nitrogens is 1. The standard InChI is InChI=1S/C13H13FN2O2/c1-18-13(17)11-6-10(14)2-3-12(11)16-8-9-4-5-15-7-9/h2-7,15-16H,8H2,1H3. The van der Waals surface area contributed by atoms with Gasteiger partial charge in [-0.25, -0.2) is 9.18 Å². The Morgan fingerprint density at radius 3 is 2.94 bits per heavy atom. The van der Waals surface area contributed by atoms with Gasteiger partial charge in [0.1, 0.15) is 5.82 Å². The number of halogens is 1. The van der Waals surface area contributed by atoms with Crippen molar-refractivity contribution in [3.05, 3.63) is 53.6 Å². The number of nitrogens with one attached hydrogen (secondary N) is 2. The van der Waals surface area contributed by atoms with E-state index in [9.17, 15) is 9.18 Å². The first-order valence-electron chi connectivity index (χ1n) is 5.44. The van der Waals surface area contributed by atoms with E-state index >= 15 is 0 Å². The fourth-order valence-electron chi connectivity index (χ4n) is 1.62. The van der Waals surface area contributed by atoms with Crippen LogP contribution in [0, 0.1) is 5.82 Å². The highest BCUT2D eigenvalue weighted by atomic mass is 19.1. The van der Waals surface area contributed by atoms with E-state index in [1.54, 1.807) is 0 Å². The number of hydrogen-bond donors (Lipinski definition) is 2. The van der Waals surface area contributed by atoms with Crippen LogP contribution < -0.4 is 5.32 Å². The number of rotatable bonds is 4. The van der Waals surface area contributed by atoms with Crippen molar-refractivity contribution in [2.75, 3.05) is 12.4 Å². The predicted molar refractivity (Wildman–Crippen MR) is 65.9 cm³/mol. The first-order chi connectivity index (χ1) is 8.70. The van der Waals surface area contributed by atoms with E-state index in [2.05, 4.69) is 15.0 Å². The van der Waals surface area contributed by atoms with Gasteiger partial charge in [-0.05, 0) is 29.8 Å². The van der Waals surface area contributed by atoms with Gasteiger partial charge in [0, 0.05) is 24.6 Å². The lowest BCUT2D eigenvalue weighted by Gasteiger charge is -2.10. The fourth-order valence-corrected chi connectivity index (χ4v) is 1.62. The maximum absolute atomic E-state index is 13.1. The van der Waals surface area contributed by atoms with E-state index in [4.69, 9.17) is 0 Å². The Kier molecular flexibility index (Phi) is 3.62. The van der Waals surface area contributed by atoms with Crippen LogP contribution >= 0.6 is 0 Å². The minimum absolute atomic E-state index is 0.188. The third-order valence-corrected chi connectivity index (χ3v) is 2.53. The molecule has 1 aromatic heterocycles. The molecule has 1 heterocycles. The number of carbonyl (C=O) groups is 1. The molecule has 0 fully saturated rings. The Balaban J connectivity index is 2.18. The molecule has 0 aliphatic carbocycles. The molecule has 0 saturated carbocycles. The summed E-state index contributed by atoms with van der Waals surface area (Å²) in [5, 5.41) is 3.07. The fraction of sp³-hybridized carbons (Fsp3) is 0.154. The van der Waals surface area contributed by atoms with Crippen LogP contribution in [0.2, 0.25) is 0 Å². The summed E-state index contributed by atoms with van der Waals surface area (Å²) in [6.07, 6.45) is 3.65. The summed E-state index contributed by atoms with van der Waals surface area (Å²) < 4.78 is 17.7. The normalized spacial score (nSPS) is 10.1. The number of H-pyrrole nitrogens is 1. The first-order valence-corrected chi connectivity index (χ1v) is 5.44. The lowest BCUT2D eigenvalue weighted by atomic mass is 10.1. The third-order valence-electron chi connectivity index (χ3n) is 2.53. The Hall–Kier alpha value is -2.30. The zero-order chi connectivity index (χ0) is 13.0. The number of carbonyl (C=O) groups excluding carboxylic acids is 1. The molecular weight excluding hydrogens is 235 g/mol. The van der Waals surface area contributed by atoms with Crippen LogP contribution in [0.15, 0.2) is 36.7 Å². The van der Waals surface area contributed by atoms with Crippen LogP contribution in [-0.4, -0.2) is 18.1 Å². The van der Waals surface area contributed by atoms with Gasteiger partial charge in [-0.15, -0.1) is 0 Å². The summed E-state index contributed by atoms with van der Waals surface area (Å²) in [6.45, 7) is 0.541.